The van der Waals surface area contributed by atoms with Crippen LogP contribution in [-0.2, 0) is 36.6 Å². The van der Waals surface area contributed by atoms with Crippen molar-refractivity contribution in [3.63, 3.8) is 0 Å². The van der Waals surface area contributed by atoms with Crippen LogP contribution in [0.1, 0.15) is 18.4 Å². The Hall–Kier alpha value is -3.89. The average molecular weight is 454 g/mol. The van der Waals surface area contributed by atoms with Crippen LogP contribution in [0, 0.1) is 0 Å². The van der Waals surface area contributed by atoms with E-state index in [2.05, 4.69) is 15.6 Å². The summed E-state index contributed by atoms with van der Waals surface area (Å²) in [5.41, 5.74) is 0.360. The fourth-order valence-electron chi connectivity index (χ4n) is 3.48. The van der Waals surface area contributed by atoms with Crippen LogP contribution in [-0.4, -0.2) is 49.7 Å². The van der Waals surface area contributed by atoms with E-state index in [0.29, 0.717) is 24.8 Å². The number of aromatic nitrogens is 4. The van der Waals surface area contributed by atoms with Gasteiger partial charge in [-0.25, -0.2) is 14.3 Å². The number of fused-ring (bicyclic) bond motifs is 1. The minimum atomic E-state index is -0.595. The molecule has 1 aliphatic rings. The van der Waals surface area contributed by atoms with Crippen LogP contribution >= 0.6 is 0 Å². The molecule has 0 bridgehead atoms. The fraction of sp³-hybridized carbons (Fsp3) is 0.409. The van der Waals surface area contributed by atoms with Crippen LogP contribution in [0.2, 0.25) is 0 Å². The molecule has 11 heteroatoms. The standard InChI is InChI=1S/C22H26N6O5/c1-26-13-24-20-19(26)21(31)28(22(32)27(20)2)11-17(29)23-10-9-14-3-7-16(8-4-14)33-12-18(30)25-15-5-6-15/h3-4,7-8,13,15H,5-6,9-12H2,1-2H3,(H,23,29)(H,25,30). The summed E-state index contributed by atoms with van der Waals surface area (Å²) in [6.45, 7) is -0.0521. The van der Waals surface area contributed by atoms with Crippen LogP contribution < -0.4 is 26.6 Å². The SMILES string of the molecule is Cn1cnc2c1c(=O)n(CC(=O)NCCc1ccc(OCC(=O)NC3CC3)cc1)c(=O)n2C. The molecule has 3 aromatic rings. The molecule has 0 aliphatic heterocycles. The molecule has 2 N–H and O–H groups in total. The maximum atomic E-state index is 12.7. The summed E-state index contributed by atoms with van der Waals surface area (Å²) in [4.78, 5) is 53.3. The van der Waals surface area contributed by atoms with E-state index in [1.54, 1.807) is 19.2 Å². The maximum Gasteiger partial charge on any atom is 0.332 e. The zero-order valence-electron chi connectivity index (χ0n) is 18.5. The summed E-state index contributed by atoms with van der Waals surface area (Å²) < 4.78 is 9.16. The topological polar surface area (TPSA) is 129 Å². The smallest absolute Gasteiger partial charge is 0.332 e. The third kappa shape index (κ3) is 5.13. The summed E-state index contributed by atoms with van der Waals surface area (Å²) in [5.74, 6) is 0.0348. The van der Waals surface area contributed by atoms with Crippen molar-refractivity contribution in [3.8, 4) is 5.75 Å². The molecule has 0 spiro atoms. The Morgan fingerprint density at radius 1 is 1.12 bits per heavy atom. The van der Waals surface area contributed by atoms with Crippen molar-refractivity contribution in [2.75, 3.05) is 13.2 Å². The number of rotatable bonds is 9. The Bertz CT molecular complexity index is 1300. The predicted molar refractivity (Wildman–Crippen MR) is 120 cm³/mol. The molecule has 1 aliphatic carbocycles. The lowest BCUT2D eigenvalue weighted by molar-refractivity contribution is -0.123. The summed E-state index contributed by atoms with van der Waals surface area (Å²) in [5, 5.41) is 5.60. The van der Waals surface area contributed by atoms with E-state index >= 15 is 0 Å². The van der Waals surface area contributed by atoms with Crippen molar-refractivity contribution in [2.24, 2.45) is 14.1 Å². The molecule has 1 fully saturated rings. The number of carbonyl (C=O) groups is 2. The molecule has 11 nitrogen and oxygen atoms in total. The normalized spacial score (nSPS) is 13.2. The lowest BCUT2D eigenvalue weighted by Crippen LogP contribution is -2.43. The highest BCUT2D eigenvalue weighted by Gasteiger charge is 2.23. The summed E-state index contributed by atoms with van der Waals surface area (Å²) >= 11 is 0. The molecule has 0 unspecified atom stereocenters. The van der Waals surface area contributed by atoms with E-state index in [-0.39, 0.29) is 30.2 Å². The molecule has 2 amide bonds. The highest BCUT2D eigenvalue weighted by atomic mass is 16.5. The summed E-state index contributed by atoms with van der Waals surface area (Å²) in [6, 6.07) is 7.56. The number of hydrogen-bond donors (Lipinski definition) is 2. The van der Waals surface area contributed by atoms with Gasteiger partial charge in [-0.3, -0.25) is 19.0 Å². The van der Waals surface area contributed by atoms with E-state index in [9.17, 15) is 19.2 Å². The minimum absolute atomic E-state index is 0.0185. The first-order chi connectivity index (χ1) is 15.8. The quantitative estimate of drug-likeness (QED) is 0.446. The Morgan fingerprint density at radius 3 is 2.55 bits per heavy atom. The van der Waals surface area contributed by atoms with Gasteiger partial charge in [0.15, 0.2) is 17.8 Å². The van der Waals surface area contributed by atoms with Gasteiger partial charge in [-0.05, 0) is 37.0 Å². The number of amides is 2. The Balaban J connectivity index is 1.28. The van der Waals surface area contributed by atoms with Crippen LogP contribution in [0.15, 0.2) is 40.2 Å². The molecule has 4 rings (SSSR count). The van der Waals surface area contributed by atoms with Gasteiger partial charge in [0.05, 0.1) is 6.33 Å². The molecule has 0 atom stereocenters. The van der Waals surface area contributed by atoms with Crippen molar-refractivity contribution in [2.45, 2.75) is 31.8 Å². The van der Waals surface area contributed by atoms with Crippen LogP contribution in [0.25, 0.3) is 11.2 Å². The van der Waals surface area contributed by atoms with Gasteiger partial charge in [-0.2, -0.15) is 0 Å². The number of imidazole rings is 1. The van der Waals surface area contributed by atoms with Crippen molar-refractivity contribution in [3.05, 3.63) is 57.0 Å². The molecule has 0 radical (unpaired) electrons. The fourth-order valence-corrected chi connectivity index (χ4v) is 3.48. The molecule has 1 saturated carbocycles. The number of ether oxygens (including phenoxy) is 1. The molecular weight excluding hydrogens is 428 g/mol. The largest absolute Gasteiger partial charge is 0.484 e. The number of hydrogen-bond acceptors (Lipinski definition) is 6. The molecular formula is C22H26N6O5. The van der Waals surface area contributed by atoms with Gasteiger partial charge in [0.1, 0.15) is 12.3 Å². The summed E-state index contributed by atoms with van der Waals surface area (Å²) in [7, 11) is 3.17. The maximum absolute atomic E-state index is 12.7. The van der Waals surface area contributed by atoms with Gasteiger partial charge < -0.3 is 19.9 Å². The van der Waals surface area contributed by atoms with Gasteiger partial charge in [-0.1, -0.05) is 12.1 Å². The first kappa shape index (κ1) is 22.3. The first-order valence-corrected chi connectivity index (χ1v) is 10.7. The van der Waals surface area contributed by atoms with Crippen LogP contribution in [0.3, 0.4) is 0 Å². The van der Waals surface area contributed by atoms with Gasteiger partial charge in [0, 0.05) is 26.7 Å². The van der Waals surface area contributed by atoms with Crippen molar-refractivity contribution in [1.29, 1.82) is 0 Å². The number of aryl methyl sites for hydroxylation is 2. The van der Waals surface area contributed by atoms with E-state index in [1.165, 1.54) is 22.5 Å². The Morgan fingerprint density at radius 2 is 1.85 bits per heavy atom. The highest BCUT2D eigenvalue weighted by Crippen LogP contribution is 2.18. The van der Waals surface area contributed by atoms with E-state index in [4.69, 9.17) is 4.74 Å². The van der Waals surface area contributed by atoms with E-state index in [0.717, 1.165) is 23.0 Å². The van der Waals surface area contributed by atoms with Gasteiger partial charge in [-0.15, -0.1) is 0 Å². The highest BCUT2D eigenvalue weighted by molar-refractivity contribution is 5.78. The lowest BCUT2D eigenvalue weighted by Gasteiger charge is -2.10. The molecule has 174 valence electrons. The van der Waals surface area contributed by atoms with Crippen LogP contribution in [0.4, 0.5) is 0 Å². The zero-order chi connectivity index (χ0) is 23.5. The summed E-state index contributed by atoms with van der Waals surface area (Å²) in [6.07, 6.45) is 4.07. The number of carbonyl (C=O) groups excluding carboxylic acids is 2. The van der Waals surface area contributed by atoms with Crippen molar-refractivity contribution >= 4 is 23.0 Å². The third-order valence-electron chi connectivity index (χ3n) is 5.47. The second-order valence-electron chi connectivity index (χ2n) is 8.13. The number of nitrogens with one attached hydrogen (secondary N) is 2. The first-order valence-electron chi connectivity index (χ1n) is 10.7. The van der Waals surface area contributed by atoms with Crippen molar-refractivity contribution in [1.82, 2.24) is 29.3 Å². The number of benzene rings is 1. The lowest BCUT2D eigenvalue weighted by atomic mass is 10.1. The van der Waals surface area contributed by atoms with Gasteiger partial charge >= 0.3 is 5.69 Å². The molecule has 2 aromatic heterocycles. The molecule has 1 aromatic carbocycles. The third-order valence-corrected chi connectivity index (χ3v) is 5.47. The Labute approximate surface area is 189 Å². The van der Waals surface area contributed by atoms with E-state index < -0.39 is 17.2 Å². The Kier molecular flexibility index (Phi) is 6.29. The second kappa shape index (κ2) is 9.31. The average Bonchev–Trinajstić information content (AvgIpc) is 3.52. The van der Waals surface area contributed by atoms with Gasteiger partial charge in [0.25, 0.3) is 11.5 Å². The number of nitrogens with zero attached hydrogens (tertiary/aromatic N) is 4. The predicted octanol–water partition coefficient (Wildman–Crippen LogP) is -0.550. The molecule has 0 saturated heterocycles. The van der Waals surface area contributed by atoms with Crippen LogP contribution in [0.5, 0.6) is 5.75 Å². The monoisotopic (exact) mass is 454 g/mol. The van der Waals surface area contributed by atoms with Crippen molar-refractivity contribution < 1.29 is 14.3 Å². The molecule has 2 heterocycles. The van der Waals surface area contributed by atoms with Gasteiger partial charge in [0.2, 0.25) is 5.91 Å². The second-order valence-corrected chi connectivity index (χ2v) is 8.13. The zero-order valence-corrected chi connectivity index (χ0v) is 18.5. The molecule has 33 heavy (non-hydrogen) atoms. The minimum Gasteiger partial charge on any atom is -0.484 e. The van der Waals surface area contributed by atoms with E-state index in [1.807, 2.05) is 12.1 Å².